The Balaban J connectivity index is 1.37. The van der Waals surface area contributed by atoms with E-state index in [4.69, 9.17) is 0 Å². The lowest BCUT2D eigenvalue weighted by Crippen LogP contribution is -2.49. The number of carbonyl (C=O) groups is 1. The molecule has 2 fully saturated rings. The van der Waals surface area contributed by atoms with Gasteiger partial charge in [-0.05, 0) is 31.2 Å². The van der Waals surface area contributed by atoms with Gasteiger partial charge < -0.3 is 10.6 Å². The summed E-state index contributed by atoms with van der Waals surface area (Å²) in [4.78, 5) is 14.5. The summed E-state index contributed by atoms with van der Waals surface area (Å²) in [7, 11) is 0. The van der Waals surface area contributed by atoms with Gasteiger partial charge in [0.2, 0.25) is 0 Å². The van der Waals surface area contributed by atoms with Gasteiger partial charge in [-0.1, -0.05) is 43.2 Å². The van der Waals surface area contributed by atoms with Crippen molar-refractivity contribution in [2.75, 3.05) is 13.1 Å². The molecule has 1 aliphatic carbocycles. The van der Waals surface area contributed by atoms with Crippen LogP contribution in [0.4, 0.5) is 4.79 Å². The van der Waals surface area contributed by atoms with E-state index in [1.165, 1.54) is 18.4 Å². The summed E-state index contributed by atoms with van der Waals surface area (Å²) in [5.74, 6) is 0. The fourth-order valence-electron chi connectivity index (χ4n) is 3.56. The Labute approximate surface area is 133 Å². The molecule has 22 heavy (non-hydrogen) atoms. The number of piperidine rings is 1. The third-order valence-electron chi connectivity index (χ3n) is 4.86. The first-order valence-electron chi connectivity index (χ1n) is 8.63. The third kappa shape index (κ3) is 4.47. The second kappa shape index (κ2) is 7.63. The second-order valence-electron chi connectivity index (χ2n) is 6.64. The van der Waals surface area contributed by atoms with Crippen LogP contribution in [0.2, 0.25) is 0 Å². The molecule has 1 saturated carbocycles. The van der Waals surface area contributed by atoms with Gasteiger partial charge in [0.05, 0.1) is 0 Å². The largest absolute Gasteiger partial charge is 0.335 e. The third-order valence-corrected chi connectivity index (χ3v) is 4.86. The molecule has 0 bridgehead atoms. The van der Waals surface area contributed by atoms with Crippen molar-refractivity contribution in [1.82, 2.24) is 15.5 Å². The van der Waals surface area contributed by atoms with Crippen LogP contribution in [0.25, 0.3) is 0 Å². The highest BCUT2D eigenvalue weighted by atomic mass is 16.2. The first kappa shape index (κ1) is 15.3. The van der Waals surface area contributed by atoms with Crippen LogP contribution < -0.4 is 10.6 Å². The smallest absolute Gasteiger partial charge is 0.315 e. The number of carbonyl (C=O) groups excluding carboxylic acids is 1. The summed E-state index contributed by atoms with van der Waals surface area (Å²) in [6.45, 7) is 3.13. The molecule has 1 aliphatic heterocycles. The molecule has 4 nitrogen and oxygen atoms in total. The summed E-state index contributed by atoms with van der Waals surface area (Å²) in [6.07, 6.45) is 6.88. The van der Waals surface area contributed by atoms with Gasteiger partial charge in [0, 0.05) is 31.7 Å². The van der Waals surface area contributed by atoms with Gasteiger partial charge in [-0.15, -0.1) is 0 Å². The molecule has 3 rings (SSSR count). The minimum atomic E-state index is 0.0356. The average molecular weight is 301 g/mol. The van der Waals surface area contributed by atoms with Crippen molar-refractivity contribution in [2.45, 2.75) is 57.2 Å². The van der Waals surface area contributed by atoms with Crippen molar-refractivity contribution in [2.24, 2.45) is 0 Å². The molecule has 0 atom stereocenters. The zero-order valence-corrected chi connectivity index (χ0v) is 13.3. The van der Waals surface area contributed by atoms with Crippen LogP contribution >= 0.6 is 0 Å². The zero-order valence-electron chi connectivity index (χ0n) is 13.3. The Morgan fingerprint density at radius 2 is 1.55 bits per heavy atom. The fraction of sp³-hybridized carbons (Fsp3) is 0.611. The maximum Gasteiger partial charge on any atom is 0.315 e. The zero-order chi connectivity index (χ0) is 15.2. The molecule has 2 aliphatic rings. The highest BCUT2D eigenvalue weighted by Crippen LogP contribution is 2.18. The van der Waals surface area contributed by atoms with Gasteiger partial charge in [-0.25, -0.2) is 4.79 Å². The van der Waals surface area contributed by atoms with Gasteiger partial charge in [0.1, 0.15) is 0 Å². The van der Waals surface area contributed by atoms with Gasteiger partial charge in [-0.3, -0.25) is 4.90 Å². The van der Waals surface area contributed by atoms with E-state index in [9.17, 15) is 4.79 Å². The van der Waals surface area contributed by atoms with E-state index < -0.39 is 0 Å². The molecular formula is C18H27N3O. The number of likely N-dealkylation sites (tertiary alicyclic amines) is 1. The van der Waals surface area contributed by atoms with Gasteiger partial charge >= 0.3 is 6.03 Å². The molecule has 0 spiro atoms. The number of amides is 2. The summed E-state index contributed by atoms with van der Waals surface area (Å²) in [5, 5.41) is 6.27. The SMILES string of the molecule is O=C(NC1CCCC1)NC1CCN(Cc2ccccc2)CC1. The standard InChI is InChI=1S/C18H27N3O/c22-18(19-16-8-4-5-9-16)20-17-10-12-21(13-11-17)14-15-6-2-1-3-7-15/h1-3,6-7,16-17H,4-5,8-14H2,(H2,19,20,22). The predicted molar refractivity (Wildman–Crippen MR) is 88.7 cm³/mol. The monoisotopic (exact) mass is 301 g/mol. The highest BCUT2D eigenvalue weighted by Gasteiger charge is 2.22. The molecule has 1 saturated heterocycles. The minimum absolute atomic E-state index is 0.0356. The highest BCUT2D eigenvalue weighted by molar-refractivity contribution is 5.74. The number of benzene rings is 1. The summed E-state index contributed by atoms with van der Waals surface area (Å²) >= 11 is 0. The van der Waals surface area contributed by atoms with E-state index in [-0.39, 0.29) is 6.03 Å². The molecule has 1 aromatic carbocycles. The van der Waals surface area contributed by atoms with E-state index in [0.29, 0.717) is 12.1 Å². The van der Waals surface area contributed by atoms with Crippen molar-refractivity contribution in [1.29, 1.82) is 0 Å². The van der Waals surface area contributed by atoms with Crippen LogP contribution in [0.5, 0.6) is 0 Å². The van der Waals surface area contributed by atoms with Crippen molar-refractivity contribution < 1.29 is 4.79 Å². The van der Waals surface area contributed by atoms with Crippen LogP contribution in [0.3, 0.4) is 0 Å². The summed E-state index contributed by atoms with van der Waals surface area (Å²) in [6, 6.07) is 11.4. The van der Waals surface area contributed by atoms with Crippen molar-refractivity contribution in [3.05, 3.63) is 35.9 Å². The van der Waals surface area contributed by atoms with Crippen LogP contribution in [-0.2, 0) is 6.54 Å². The first-order chi connectivity index (χ1) is 10.8. The van der Waals surface area contributed by atoms with Crippen LogP contribution in [0, 0.1) is 0 Å². The van der Waals surface area contributed by atoms with E-state index in [1.54, 1.807) is 0 Å². The van der Waals surface area contributed by atoms with Gasteiger partial charge in [0.25, 0.3) is 0 Å². The van der Waals surface area contributed by atoms with Gasteiger partial charge in [-0.2, -0.15) is 0 Å². The molecule has 4 heteroatoms. The molecule has 120 valence electrons. The second-order valence-corrected chi connectivity index (χ2v) is 6.64. The number of hydrogen-bond donors (Lipinski definition) is 2. The van der Waals surface area contributed by atoms with Crippen LogP contribution in [0.15, 0.2) is 30.3 Å². The van der Waals surface area contributed by atoms with Crippen molar-refractivity contribution in [3.63, 3.8) is 0 Å². The minimum Gasteiger partial charge on any atom is -0.335 e. The Kier molecular flexibility index (Phi) is 5.33. The molecule has 2 N–H and O–H groups in total. The van der Waals surface area contributed by atoms with Crippen molar-refractivity contribution in [3.8, 4) is 0 Å². The number of rotatable bonds is 4. The quantitative estimate of drug-likeness (QED) is 0.898. The van der Waals surface area contributed by atoms with E-state index in [0.717, 1.165) is 45.3 Å². The topological polar surface area (TPSA) is 44.4 Å². The Morgan fingerprint density at radius 1 is 0.955 bits per heavy atom. The number of nitrogens with zero attached hydrogens (tertiary/aromatic N) is 1. The summed E-state index contributed by atoms with van der Waals surface area (Å²) < 4.78 is 0. The van der Waals surface area contributed by atoms with Crippen molar-refractivity contribution >= 4 is 6.03 Å². The lowest BCUT2D eigenvalue weighted by Gasteiger charge is -2.32. The lowest BCUT2D eigenvalue weighted by molar-refractivity contribution is 0.185. The van der Waals surface area contributed by atoms with E-state index in [1.807, 2.05) is 0 Å². The molecular weight excluding hydrogens is 274 g/mol. The Bertz CT molecular complexity index is 462. The maximum atomic E-state index is 12.0. The number of urea groups is 1. The van der Waals surface area contributed by atoms with E-state index in [2.05, 4.69) is 45.9 Å². The molecule has 1 heterocycles. The maximum absolute atomic E-state index is 12.0. The fourth-order valence-corrected chi connectivity index (χ4v) is 3.56. The average Bonchev–Trinajstić information content (AvgIpc) is 3.03. The van der Waals surface area contributed by atoms with Crippen LogP contribution in [-0.4, -0.2) is 36.1 Å². The molecule has 0 aromatic heterocycles. The van der Waals surface area contributed by atoms with Crippen LogP contribution in [0.1, 0.15) is 44.1 Å². The number of hydrogen-bond acceptors (Lipinski definition) is 2. The molecule has 0 unspecified atom stereocenters. The molecule has 0 radical (unpaired) electrons. The predicted octanol–water partition coefficient (Wildman–Crippen LogP) is 2.89. The lowest BCUT2D eigenvalue weighted by atomic mass is 10.0. The number of nitrogens with one attached hydrogen (secondary N) is 2. The summed E-state index contributed by atoms with van der Waals surface area (Å²) in [5.41, 5.74) is 1.37. The molecule has 2 amide bonds. The first-order valence-corrected chi connectivity index (χ1v) is 8.63. The van der Waals surface area contributed by atoms with Gasteiger partial charge in [0.15, 0.2) is 0 Å². The Morgan fingerprint density at radius 3 is 2.18 bits per heavy atom. The molecule has 1 aromatic rings. The normalized spacial score (nSPS) is 20.9. The Hall–Kier alpha value is -1.55. The van der Waals surface area contributed by atoms with E-state index >= 15 is 0 Å².